The Hall–Kier alpha value is -3.12. The van der Waals surface area contributed by atoms with Crippen molar-refractivity contribution in [3.05, 3.63) is 71.3 Å². The number of carbonyl (C=O) groups excluding carboxylic acids is 2. The highest BCUT2D eigenvalue weighted by molar-refractivity contribution is 7.20. The number of hydrogen-bond donors (Lipinski definition) is 3. The van der Waals surface area contributed by atoms with E-state index in [1.807, 2.05) is 30.3 Å². The number of benzene rings is 2. The number of hydrogen-bond acceptors (Lipinski definition) is 4. The van der Waals surface area contributed by atoms with Crippen LogP contribution >= 0.6 is 11.3 Å². The molecule has 0 radical (unpaired) electrons. The van der Waals surface area contributed by atoms with Gasteiger partial charge in [-0.25, -0.2) is 0 Å². The molecule has 126 valence electrons. The number of carbonyl (C=O) groups is 2. The Morgan fingerprint density at radius 1 is 1.08 bits per heavy atom. The van der Waals surface area contributed by atoms with Gasteiger partial charge in [0.2, 0.25) is 0 Å². The molecule has 0 aliphatic rings. The molecule has 3 aromatic rings. The van der Waals surface area contributed by atoms with Crippen molar-refractivity contribution in [1.82, 2.24) is 0 Å². The van der Waals surface area contributed by atoms with E-state index in [9.17, 15) is 14.7 Å². The molecular weight excluding hydrogens is 336 g/mol. The molecule has 0 atom stereocenters. The van der Waals surface area contributed by atoms with E-state index in [-0.39, 0.29) is 11.3 Å². The number of aromatic hydroxyl groups is 1. The van der Waals surface area contributed by atoms with Gasteiger partial charge in [0.15, 0.2) is 0 Å². The van der Waals surface area contributed by atoms with Crippen LogP contribution in [0.3, 0.4) is 0 Å². The Bertz CT molecular complexity index is 949. The van der Waals surface area contributed by atoms with Crippen LogP contribution < -0.4 is 11.1 Å². The summed E-state index contributed by atoms with van der Waals surface area (Å²) in [4.78, 5) is 25.0. The van der Waals surface area contributed by atoms with Crippen molar-refractivity contribution in [2.24, 2.45) is 5.73 Å². The van der Waals surface area contributed by atoms with E-state index in [0.717, 1.165) is 10.4 Å². The lowest BCUT2D eigenvalue weighted by Gasteiger charge is -2.06. The van der Waals surface area contributed by atoms with Gasteiger partial charge in [-0.05, 0) is 36.2 Å². The zero-order valence-corrected chi connectivity index (χ0v) is 14.3. The van der Waals surface area contributed by atoms with E-state index in [4.69, 9.17) is 5.73 Å². The smallest absolute Gasteiger partial charge is 0.256 e. The average molecular weight is 352 g/mol. The molecule has 0 bridgehead atoms. The third-order valence-corrected chi connectivity index (χ3v) is 4.85. The third-order valence-electron chi connectivity index (χ3n) is 3.75. The normalized spacial score (nSPS) is 10.4. The lowest BCUT2D eigenvalue weighted by molar-refractivity contribution is 0.100. The summed E-state index contributed by atoms with van der Waals surface area (Å²) in [6.45, 7) is 1.74. The topological polar surface area (TPSA) is 92.4 Å². The Kier molecular flexibility index (Phi) is 4.54. The van der Waals surface area contributed by atoms with E-state index in [1.165, 1.54) is 17.4 Å². The summed E-state index contributed by atoms with van der Waals surface area (Å²) in [6, 6.07) is 15.9. The molecule has 2 aromatic carbocycles. The first-order valence-corrected chi connectivity index (χ1v) is 8.37. The molecule has 2 amide bonds. The molecule has 25 heavy (non-hydrogen) atoms. The summed E-state index contributed by atoms with van der Waals surface area (Å²) in [7, 11) is 0. The van der Waals surface area contributed by atoms with Crippen LogP contribution in [0.5, 0.6) is 5.75 Å². The minimum Gasteiger partial charge on any atom is -0.508 e. The number of aryl methyl sites for hydroxylation is 1. The first-order chi connectivity index (χ1) is 12.0. The Morgan fingerprint density at radius 3 is 2.44 bits per heavy atom. The molecular formula is C19H16N2O3S. The summed E-state index contributed by atoms with van der Waals surface area (Å²) in [5.74, 6) is -0.987. The second kappa shape index (κ2) is 6.78. The number of anilines is 1. The van der Waals surface area contributed by atoms with Crippen molar-refractivity contribution >= 4 is 28.2 Å². The average Bonchev–Trinajstić information content (AvgIpc) is 3.02. The second-order valence-electron chi connectivity index (χ2n) is 5.54. The number of phenolic OH excluding ortho intramolecular Hbond substituents is 1. The Labute approximate surface area is 148 Å². The maximum Gasteiger partial charge on any atom is 0.256 e. The summed E-state index contributed by atoms with van der Waals surface area (Å²) in [5.41, 5.74) is 7.61. The van der Waals surface area contributed by atoms with Crippen molar-refractivity contribution in [3.63, 3.8) is 0 Å². The van der Waals surface area contributed by atoms with Crippen LogP contribution in [0, 0.1) is 6.92 Å². The van der Waals surface area contributed by atoms with Gasteiger partial charge in [-0.2, -0.15) is 0 Å². The summed E-state index contributed by atoms with van der Waals surface area (Å²) in [5, 5.41) is 12.9. The van der Waals surface area contributed by atoms with Gasteiger partial charge in [0, 0.05) is 10.4 Å². The number of amides is 2. The lowest BCUT2D eigenvalue weighted by atomic mass is 10.1. The number of phenols is 1. The Morgan fingerprint density at radius 2 is 1.80 bits per heavy atom. The third kappa shape index (κ3) is 3.54. The van der Waals surface area contributed by atoms with Crippen LogP contribution in [0.15, 0.2) is 54.6 Å². The molecule has 0 saturated heterocycles. The summed E-state index contributed by atoms with van der Waals surface area (Å²) < 4.78 is 0. The molecule has 1 heterocycles. The minimum atomic E-state index is -0.611. The summed E-state index contributed by atoms with van der Waals surface area (Å²) in [6.07, 6.45) is 0. The number of nitrogens with two attached hydrogens (primary N) is 1. The van der Waals surface area contributed by atoms with Crippen molar-refractivity contribution in [3.8, 4) is 16.2 Å². The van der Waals surface area contributed by atoms with Crippen molar-refractivity contribution < 1.29 is 14.7 Å². The van der Waals surface area contributed by atoms with E-state index >= 15 is 0 Å². The lowest BCUT2D eigenvalue weighted by Crippen LogP contribution is -2.16. The van der Waals surface area contributed by atoms with Gasteiger partial charge in [-0.1, -0.05) is 36.4 Å². The fourth-order valence-electron chi connectivity index (χ4n) is 2.34. The van der Waals surface area contributed by atoms with Crippen LogP contribution in [0.25, 0.3) is 10.4 Å². The molecule has 0 spiro atoms. The van der Waals surface area contributed by atoms with Gasteiger partial charge in [0.1, 0.15) is 10.8 Å². The van der Waals surface area contributed by atoms with Crippen LogP contribution in [0.4, 0.5) is 5.00 Å². The number of nitrogens with one attached hydrogen (secondary N) is 1. The SMILES string of the molecule is Cc1ccc(C(=O)Nc2sc(-c3ccccc3)cc2C(N)=O)cc1O. The van der Waals surface area contributed by atoms with Gasteiger partial charge in [0.25, 0.3) is 11.8 Å². The van der Waals surface area contributed by atoms with Gasteiger partial charge in [-0.15, -0.1) is 11.3 Å². The van der Waals surface area contributed by atoms with Crippen LogP contribution in [0.2, 0.25) is 0 Å². The van der Waals surface area contributed by atoms with Crippen molar-refractivity contribution in [2.45, 2.75) is 6.92 Å². The van der Waals surface area contributed by atoms with Gasteiger partial charge in [0.05, 0.1) is 5.56 Å². The predicted octanol–water partition coefficient (Wildman–Crippen LogP) is 3.78. The molecule has 6 heteroatoms. The predicted molar refractivity (Wildman–Crippen MR) is 99.1 cm³/mol. The van der Waals surface area contributed by atoms with E-state index in [0.29, 0.717) is 16.1 Å². The molecule has 3 rings (SSSR count). The van der Waals surface area contributed by atoms with E-state index in [2.05, 4.69) is 5.32 Å². The first kappa shape index (κ1) is 16.7. The highest BCUT2D eigenvalue weighted by Gasteiger charge is 2.18. The highest BCUT2D eigenvalue weighted by Crippen LogP contribution is 2.35. The van der Waals surface area contributed by atoms with Crippen LogP contribution in [-0.2, 0) is 0 Å². The van der Waals surface area contributed by atoms with Gasteiger partial charge < -0.3 is 16.2 Å². The van der Waals surface area contributed by atoms with Crippen molar-refractivity contribution in [1.29, 1.82) is 0 Å². The number of thiophene rings is 1. The fourth-order valence-corrected chi connectivity index (χ4v) is 3.40. The second-order valence-corrected chi connectivity index (χ2v) is 6.59. The van der Waals surface area contributed by atoms with Crippen LogP contribution in [-0.4, -0.2) is 16.9 Å². The zero-order valence-electron chi connectivity index (χ0n) is 13.4. The Balaban J connectivity index is 1.93. The molecule has 0 unspecified atom stereocenters. The van der Waals surface area contributed by atoms with E-state index in [1.54, 1.807) is 25.1 Å². The van der Waals surface area contributed by atoms with E-state index < -0.39 is 11.8 Å². The molecule has 5 nitrogen and oxygen atoms in total. The molecule has 4 N–H and O–H groups in total. The highest BCUT2D eigenvalue weighted by atomic mass is 32.1. The summed E-state index contributed by atoms with van der Waals surface area (Å²) >= 11 is 1.28. The molecule has 0 aliphatic heterocycles. The number of rotatable bonds is 4. The first-order valence-electron chi connectivity index (χ1n) is 7.55. The van der Waals surface area contributed by atoms with Gasteiger partial charge >= 0.3 is 0 Å². The van der Waals surface area contributed by atoms with Crippen molar-refractivity contribution in [2.75, 3.05) is 5.32 Å². The largest absolute Gasteiger partial charge is 0.508 e. The molecule has 0 fully saturated rings. The fraction of sp³-hybridized carbons (Fsp3) is 0.0526. The minimum absolute atomic E-state index is 0.0407. The van der Waals surface area contributed by atoms with Gasteiger partial charge in [-0.3, -0.25) is 9.59 Å². The molecule has 0 aliphatic carbocycles. The molecule has 1 aromatic heterocycles. The maximum atomic E-state index is 12.4. The zero-order chi connectivity index (χ0) is 18.0. The number of primary amides is 1. The molecule has 0 saturated carbocycles. The standard InChI is InChI=1S/C19H16N2O3S/c1-11-7-8-13(9-15(11)22)18(24)21-19-14(17(20)23)10-16(25-19)12-5-3-2-4-6-12/h2-10,22H,1H3,(H2,20,23)(H,21,24). The quantitative estimate of drug-likeness (QED) is 0.667. The maximum absolute atomic E-state index is 12.4. The van der Waals surface area contributed by atoms with Crippen LogP contribution in [0.1, 0.15) is 26.3 Å². The monoisotopic (exact) mass is 352 g/mol.